The number of thiocarbonyl (C=S) groups is 1. The van der Waals surface area contributed by atoms with Crippen LogP contribution in [0.15, 0.2) is 53.3 Å². The Morgan fingerprint density at radius 1 is 1.08 bits per heavy atom. The smallest absolute Gasteiger partial charge is 0.237 e. The van der Waals surface area contributed by atoms with Crippen LogP contribution in [0, 0.1) is 11.7 Å². The zero-order valence-corrected chi connectivity index (χ0v) is 14.1. The normalized spacial score (nSPS) is 10.8. The fraction of sp³-hybridized carbons (Fsp3) is 0.167. The summed E-state index contributed by atoms with van der Waals surface area (Å²) in [4.78, 5) is 4.70. The fourth-order valence-electron chi connectivity index (χ4n) is 2.22. The summed E-state index contributed by atoms with van der Waals surface area (Å²) in [6, 6.07) is 9.86. The Labute approximate surface area is 144 Å². The molecule has 0 spiro atoms. The van der Waals surface area contributed by atoms with Crippen LogP contribution in [0.2, 0.25) is 0 Å². The van der Waals surface area contributed by atoms with Gasteiger partial charge in [-0.3, -0.25) is 4.98 Å². The van der Waals surface area contributed by atoms with Gasteiger partial charge in [-0.1, -0.05) is 31.2 Å². The second kappa shape index (κ2) is 6.88. The summed E-state index contributed by atoms with van der Waals surface area (Å²) in [7, 11) is 0. The van der Waals surface area contributed by atoms with Gasteiger partial charge in [0, 0.05) is 23.9 Å². The van der Waals surface area contributed by atoms with Crippen molar-refractivity contribution in [3.05, 3.63) is 54.6 Å². The number of nitrogens with zero attached hydrogens (tertiary/aromatic N) is 2. The van der Waals surface area contributed by atoms with Crippen molar-refractivity contribution in [3.63, 3.8) is 0 Å². The van der Waals surface area contributed by atoms with Crippen molar-refractivity contribution in [2.24, 2.45) is 5.92 Å². The topological polar surface area (TPSA) is 51.0 Å². The predicted octanol–water partition coefficient (Wildman–Crippen LogP) is 4.94. The first kappa shape index (κ1) is 16.3. The van der Waals surface area contributed by atoms with Gasteiger partial charge < -0.3 is 9.84 Å². The van der Waals surface area contributed by atoms with Crippen molar-refractivity contribution in [3.8, 4) is 22.4 Å². The average Bonchev–Trinajstić information content (AvgIpc) is 2.99. The summed E-state index contributed by atoms with van der Waals surface area (Å²) in [6.07, 6.45) is 3.39. The molecular formula is C18H16FN3OS. The van der Waals surface area contributed by atoms with Crippen LogP contribution in [0.3, 0.4) is 0 Å². The van der Waals surface area contributed by atoms with E-state index in [0.29, 0.717) is 16.6 Å². The molecule has 1 N–H and O–H groups in total. The first-order valence-corrected chi connectivity index (χ1v) is 7.94. The molecule has 24 heavy (non-hydrogen) atoms. The highest BCUT2D eigenvalue weighted by molar-refractivity contribution is 7.80. The third kappa shape index (κ3) is 3.33. The molecule has 0 fully saturated rings. The van der Waals surface area contributed by atoms with Crippen LogP contribution >= 0.6 is 12.2 Å². The number of nitrogens with one attached hydrogen (secondary N) is 1. The van der Waals surface area contributed by atoms with Gasteiger partial charge in [0.2, 0.25) is 5.88 Å². The summed E-state index contributed by atoms with van der Waals surface area (Å²) in [5.74, 6) is 0.343. The van der Waals surface area contributed by atoms with E-state index >= 15 is 0 Å². The van der Waals surface area contributed by atoms with E-state index in [1.807, 2.05) is 26.0 Å². The molecule has 0 amide bonds. The van der Waals surface area contributed by atoms with E-state index in [2.05, 4.69) is 15.5 Å². The van der Waals surface area contributed by atoms with E-state index in [9.17, 15) is 4.39 Å². The highest BCUT2D eigenvalue weighted by atomic mass is 32.1. The molecule has 1 aromatic carbocycles. The van der Waals surface area contributed by atoms with Gasteiger partial charge >= 0.3 is 0 Å². The lowest BCUT2D eigenvalue weighted by atomic mass is 10.0. The van der Waals surface area contributed by atoms with Crippen molar-refractivity contribution in [2.75, 3.05) is 5.32 Å². The lowest BCUT2D eigenvalue weighted by Gasteiger charge is -2.10. The van der Waals surface area contributed by atoms with E-state index in [1.54, 1.807) is 24.5 Å². The number of aromatic nitrogens is 2. The largest absolute Gasteiger partial charge is 0.337 e. The van der Waals surface area contributed by atoms with Crippen molar-refractivity contribution in [1.82, 2.24) is 10.1 Å². The van der Waals surface area contributed by atoms with E-state index in [1.165, 1.54) is 12.1 Å². The van der Waals surface area contributed by atoms with Crippen LogP contribution in [0.1, 0.15) is 13.8 Å². The maximum atomic E-state index is 13.2. The van der Waals surface area contributed by atoms with Gasteiger partial charge in [0.15, 0.2) is 0 Å². The van der Waals surface area contributed by atoms with Gasteiger partial charge in [-0.2, -0.15) is 0 Å². The molecular weight excluding hydrogens is 325 g/mol. The summed E-state index contributed by atoms with van der Waals surface area (Å²) in [5.41, 5.74) is 3.04. The van der Waals surface area contributed by atoms with Gasteiger partial charge in [0.1, 0.15) is 11.5 Å². The van der Waals surface area contributed by atoms with E-state index in [4.69, 9.17) is 16.7 Å². The number of hydrogen-bond donors (Lipinski definition) is 1. The Morgan fingerprint density at radius 3 is 2.38 bits per heavy atom. The van der Waals surface area contributed by atoms with Crippen LogP contribution in [0.5, 0.6) is 0 Å². The Bertz CT molecular complexity index is 844. The molecule has 0 aliphatic carbocycles. The predicted molar refractivity (Wildman–Crippen MR) is 96.2 cm³/mol. The minimum atomic E-state index is -0.299. The summed E-state index contributed by atoms with van der Waals surface area (Å²) < 4.78 is 18.7. The van der Waals surface area contributed by atoms with Gasteiger partial charge in [-0.15, -0.1) is 0 Å². The van der Waals surface area contributed by atoms with Gasteiger partial charge in [-0.05, 0) is 42.0 Å². The number of rotatable bonds is 4. The van der Waals surface area contributed by atoms with Crippen LogP contribution in [-0.2, 0) is 0 Å². The zero-order chi connectivity index (χ0) is 17.1. The maximum absolute atomic E-state index is 13.2. The molecule has 0 saturated carbocycles. The number of pyridine rings is 1. The number of anilines is 1. The zero-order valence-electron chi connectivity index (χ0n) is 13.3. The van der Waals surface area contributed by atoms with Gasteiger partial charge in [0.05, 0.1) is 10.6 Å². The maximum Gasteiger partial charge on any atom is 0.237 e. The van der Waals surface area contributed by atoms with Crippen molar-refractivity contribution < 1.29 is 8.91 Å². The SMILES string of the molecule is CC(C)C(=S)Nc1onc(-c2ccc(F)cc2)c1-c1ccncc1. The molecule has 3 aromatic rings. The number of benzene rings is 1. The van der Waals surface area contributed by atoms with E-state index in [-0.39, 0.29) is 11.7 Å². The van der Waals surface area contributed by atoms with Gasteiger partial charge in [-0.25, -0.2) is 4.39 Å². The molecule has 3 rings (SSSR count). The molecule has 0 radical (unpaired) electrons. The average molecular weight is 341 g/mol. The molecule has 2 heterocycles. The Hall–Kier alpha value is -2.60. The second-order valence-corrected chi connectivity index (χ2v) is 6.06. The first-order valence-electron chi connectivity index (χ1n) is 7.53. The first-order chi connectivity index (χ1) is 11.6. The number of hydrogen-bond acceptors (Lipinski definition) is 4. The molecule has 0 unspecified atom stereocenters. The molecule has 0 aliphatic heterocycles. The Kier molecular flexibility index (Phi) is 4.66. The van der Waals surface area contributed by atoms with Crippen molar-refractivity contribution >= 4 is 23.1 Å². The minimum Gasteiger partial charge on any atom is -0.337 e. The molecule has 0 atom stereocenters. The summed E-state index contributed by atoms with van der Waals surface area (Å²) in [5, 5.41) is 7.28. The molecule has 6 heteroatoms. The quantitative estimate of drug-likeness (QED) is 0.681. The van der Waals surface area contributed by atoms with Crippen LogP contribution in [0.4, 0.5) is 10.3 Å². The highest BCUT2D eigenvalue weighted by Crippen LogP contribution is 2.37. The third-order valence-corrected chi connectivity index (χ3v) is 4.11. The monoisotopic (exact) mass is 341 g/mol. The Morgan fingerprint density at radius 2 is 1.75 bits per heavy atom. The van der Waals surface area contributed by atoms with Crippen LogP contribution in [0.25, 0.3) is 22.4 Å². The molecule has 2 aromatic heterocycles. The molecule has 0 bridgehead atoms. The third-order valence-electron chi connectivity index (χ3n) is 3.54. The van der Waals surface area contributed by atoms with Crippen molar-refractivity contribution in [1.29, 1.82) is 0 Å². The highest BCUT2D eigenvalue weighted by Gasteiger charge is 2.20. The molecule has 0 saturated heterocycles. The standard InChI is InChI=1S/C18H16FN3OS/c1-11(2)18(24)21-17-15(12-7-9-20-10-8-12)16(22-23-17)13-3-5-14(19)6-4-13/h3-11H,1-2H3,(H,21,24). The molecule has 0 aliphatic rings. The number of halogens is 1. The lowest BCUT2D eigenvalue weighted by Crippen LogP contribution is -2.15. The van der Waals surface area contributed by atoms with Crippen LogP contribution < -0.4 is 5.32 Å². The minimum absolute atomic E-state index is 0.171. The van der Waals surface area contributed by atoms with Crippen molar-refractivity contribution in [2.45, 2.75) is 13.8 Å². The van der Waals surface area contributed by atoms with E-state index < -0.39 is 0 Å². The molecule has 4 nitrogen and oxygen atoms in total. The summed E-state index contributed by atoms with van der Waals surface area (Å²) in [6.45, 7) is 4.00. The van der Waals surface area contributed by atoms with E-state index in [0.717, 1.165) is 16.7 Å². The lowest BCUT2D eigenvalue weighted by molar-refractivity contribution is 0.438. The Balaban J connectivity index is 2.11. The second-order valence-electron chi connectivity index (χ2n) is 5.62. The fourth-order valence-corrected chi connectivity index (χ4v) is 2.32. The molecule has 122 valence electrons. The van der Waals surface area contributed by atoms with Crippen LogP contribution in [-0.4, -0.2) is 15.1 Å². The summed E-state index contributed by atoms with van der Waals surface area (Å²) >= 11 is 5.35. The van der Waals surface area contributed by atoms with Gasteiger partial charge in [0.25, 0.3) is 0 Å².